The van der Waals surface area contributed by atoms with Crippen LogP contribution in [-0.2, 0) is 11.3 Å². The molecule has 2 heterocycles. The van der Waals surface area contributed by atoms with Gasteiger partial charge in [-0.3, -0.25) is 4.79 Å². The molecule has 2 aromatic heterocycles. The van der Waals surface area contributed by atoms with Gasteiger partial charge in [0, 0.05) is 11.7 Å². The van der Waals surface area contributed by atoms with Crippen molar-refractivity contribution in [3.63, 3.8) is 0 Å². The number of carbonyl (C=O) groups excluding carboxylic acids is 1. The molecular weight excluding hydrogens is 400 g/mol. The van der Waals surface area contributed by atoms with Crippen molar-refractivity contribution >= 4 is 22.5 Å². The molecule has 0 aliphatic carbocycles. The summed E-state index contributed by atoms with van der Waals surface area (Å²) in [7, 11) is 0. The Morgan fingerprint density at radius 1 is 1.12 bits per heavy atom. The van der Waals surface area contributed by atoms with Crippen molar-refractivity contribution in [2.45, 2.75) is 33.4 Å². The second-order valence-corrected chi connectivity index (χ2v) is 7.97. The molecule has 162 valence electrons. The molecule has 0 fully saturated rings. The standard InChI is InChI=1S/C26H26N4O2/c1-17-19(3)30(16-23-9-6-12-32-23)26(24(17)14-27)29-25(31)15-28-18(2)21-11-10-20-7-4-5-8-22(20)13-21/h4-13,18,28H,15-16H2,1-3H3,(H,29,31)/t18-/m0/s1. The Bertz CT molecular complexity index is 1300. The van der Waals surface area contributed by atoms with Gasteiger partial charge in [0.1, 0.15) is 17.6 Å². The van der Waals surface area contributed by atoms with E-state index in [1.165, 1.54) is 10.8 Å². The summed E-state index contributed by atoms with van der Waals surface area (Å²) in [6.07, 6.45) is 1.61. The SMILES string of the molecule is Cc1c(C#N)c(NC(=O)CN[C@@H](C)c2ccc3ccccc3c2)n(Cc2ccco2)c1C. The number of furan rings is 1. The van der Waals surface area contributed by atoms with Gasteiger partial charge in [-0.25, -0.2) is 0 Å². The van der Waals surface area contributed by atoms with Gasteiger partial charge in [0.2, 0.25) is 5.91 Å². The number of benzene rings is 2. The fraction of sp³-hybridized carbons (Fsp3) is 0.231. The Morgan fingerprint density at radius 2 is 1.91 bits per heavy atom. The first kappa shape index (κ1) is 21.4. The average Bonchev–Trinajstić information content (AvgIpc) is 3.40. The van der Waals surface area contributed by atoms with Crippen molar-refractivity contribution in [3.8, 4) is 6.07 Å². The quantitative estimate of drug-likeness (QED) is 0.433. The van der Waals surface area contributed by atoms with Crippen molar-refractivity contribution in [2.75, 3.05) is 11.9 Å². The van der Waals surface area contributed by atoms with Crippen LogP contribution < -0.4 is 10.6 Å². The van der Waals surface area contributed by atoms with E-state index < -0.39 is 0 Å². The number of aromatic nitrogens is 1. The molecule has 2 N–H and O–H groups in total. The van der Waals surface area contributed by atoms with E-state index >= 15 is 0 Å². The highest BCUT2D eigenvalue weighted by Gasteiger charge is 2.20. The number of carbonyl (C=O) groups is 1. The minimum absolute atomic E-state index is 0.000768. The van der Waals surface area contributed by atoms with E-state index in [-0.39, 0.29) is 18.5 Å². The van der Waals surface area contributed by atoms with Crippen LogP contribution in [0.5, 0.6) is 0 Å². The van der Waals surface area contributed by atoms with Crippen LogP contribution in [0.1, 0.15) is 41.1 Å². The van der Waals surface area contributed by atoms with Crippen LogP contribution in [-0.4, -0.2) is 17.0 Å². The summed E-state index contributed by atoms with van der Waals surface area (Å²) in [5.74, 6) is 1.06. The van der Waals surface area contributed by atoms with E-state index in [0.29, 0.717) is 17.9 Å². The third-order valence-electron chi connectivity index (χ3n) is 5.94. The number of nitriles is 1. The lowest BCUT2D eigenvalue weighted by Crippen LogP contribution is -2.31. The lowest BCUT2D eigenvalue weighted by Gasteiger charge is -2.16. The normalized spacial score (nSPS) is 11.9. The maximum Gasteiger partial charge on any atom is 0.239 e. The highest BCUT2D eigenvalue weighted by atomic mass is 16.3. The average molecular weight is 427 g/mol. The van der Waals surface area contributed by atoms with Gasteiger partial charge in [0.25, 0.3) is 0 Å². The van der Waals surface area contributed by atoms with Crippen LogP contribution in [0.25, 0.3) is 10.8 Å². The highest BCUT2D eigenvalue weighted by molar-refractivity contribution is 5.93. The molecule has 0 saturated carbocycles. The molecule has 6 heteroatoms. The van der Waals surface area contributed by atoms with Crippen molar-refractivity contribution in [1.29, 1.82) is 5.26 Å². The van der Waals surface area contributed by atoms with Gasteiger partial charge < -0.3 is 19.6 Å². The number of rotatable bonds is 7. The zero-order valence-electron chi connectivity index (χ0n) is 18.5. The Hall–Kier alpha value is -3.82. The summed E-state index contributed by atoms with van der Waals surface area (Å²) in [6.45, 7) is 6.43. The van der Waals surface area contributed by atoms with Gasteiger partial charge in [-0.05, 0) is 60.9 Å². The first-order valence-corrected chi connectivity index (χ1v) is 10.6. The van der Waals surface area contributed by atoms with Crippen LogP contribution in [0.15, 0.2) is 65.3 Å². The maximum atomic E-state index is 12.8. The number of nitrogens with one attached hydrogen (secondary N) is 2. The second kappa shape index (κ2) is 9.13. The summed E-state index contributed by atoms with van der Waals surface area (Å²) in [6, 6.07) is 20.4. The van der Waals surface area contributed by atoms with Crippen LogP contribution in [0.3, 0.4) is 0 Å². The van der Waals surface area contributed by atoms with E-state index in [2.05, 4.69) is 47.0 Å². The monoisotopic (exact) mass is 426 g/mol. The highest BCUT2D eigenvalue weighted by Crippen LogP contribution is 2.27. The van der Waals surface area contributed by atoms with Crippen LogP contribution >= 0.6 is 0 Å². The van der Waals surface area contributed by atoms with Crippen LogP contribution in [0, 0.1) is 25.2 Å². The lowest BCUT2D eigenvalue weighted by atomic mass is 10.0. The van der Waals surface area contributed by atoms with E-state index in [4.69, 9.17) is 4.42 Å². The van der Waals surface area contributed by atoms with Gasteiger partial charge in [0.05, 0.1) is 24.9 Å². The van der Waals surface area contributed by atoms with Crippen LogP contribution in [0.4, 0.5) is 5.82 Å². The summed E-state index contributed by atoms with van der Waals surface area (Å²) in [5, 5.41) is 18.3. The largest absolute Gasteiger partial charge is 0.467 e. The second-order valence-electron chi connectivity index (χ2n) is 7.97. The number of hydrogen-bond acceptors (Lipinski definition) is 4. The number of anilines is 1. The molecule has 4 rings (SSSR count). The first-order valence-electron chi connectivity index (χ1n) is 10.6. The maximum absolute atomic E-state index is 12.8. The van der Waals surface area contributed by atoms with Crippen molar-refractivity contribution in [3.05, 3.63) is 89.0 Å². The van der Waals surface area contributed by atoms with E-state index in [0.717, 1.165) is 22.6 Å². The molecule has 0 aliphatic heterocycles. The molecule has 32 heavy (non-hydrogen) atoms. The van der Waals surface area contributed by atoms with Crippen molar-refractivity contribution in [1.82, 2.24) is 9.88 Å². The molecular formula is C26H26N4O2. The molecule has 0 unspecified atom stereocenters. The molecule has 2 aromatic carbocycles. The molecule has 0 spiro atoms. The van der Waals surface area contributed by atoms with Gasteiger partial charge in [-0.1, -0.05) is 36.4 Å². The van der Waals surface area contributed by atoms with Gasteiger partial charge in [-0.15, -0.1) is 0 Å². The Morgan fingerprint density at radius 3 is 2.62 bits per heavy atom. The molecule has 4 aromatic rings. The molecule has 6 nitrogen and oxygen atoms in total. The van der Waals surface area contributed by atoms with E-state index in [9.17, 15) is 10.1 Å². The zero-order valence-corrected chi connectivity index (χ0v) is 18.5. The summed E-state index contributed by atoms with van der Waals surface area (Å²) in [4.78, 5) is 12.8. The number of nitrogens with zero attached hydrogens (tertiary/aromatic N) is 2. The fourth-order valence-electron chi connectivity index (χ4n) is 3.90. The molecule has 0 aliphatic rings. The van der Waals surface area contributed by atoms with E-state index in [1.807, 2.05) is 49.6 Å². The topological polar surface area (TPSA) is 83.0 Å². The van der Waals surface area contributed by atoms with Crippen LogP contribution in [0.2, 0.25) is 0 Å². The fourth-order valence-corrected chi connectivity index (χ4v) is 3.90. The van der Waals surface area contributed by atoms with Crippen molar-refractivity contribution < 1.29 is 9.21 Å². The molecule has 1 amide bonds. The number of fused-ring (bicyclic) bond motifs is 1. The minimum Gasteiger partial charge on any atom is -0.467 e. The Labute approximate surface area is 187 Å². The van der Waals surface area contributed by atoms with Gasteiger partial charge >= 0.3 is 0 Å². The molecule has 0 saturated heterocycles. The van der Waals surface area contributed by atoms with E-state index in [1.54, 1.807) is 6.26 Å². The summed E-state index contributed by atoms with van der Waals surface area (Å²) in [5.41, 5.74) is 3.37. The molecule has 1 atom stereocenters. The minimum atomic E-state index is -0.202. The smallest absolute Gasteiger partial charge is 0.239 e. The predicted molar refractivity (Wildman–Crippen MR) is 125 cm³/mol. The molecule has 0 bridgehead atoms. The molecule has 0 radical (unpaired) electrons. The summed E-state index contributed by atoms with van der Waals surface area (Å²) < 4.78 is 7.38. The van der Waals surface area contributed by atoms with Gasteiger partial charge in [-0.2, -0.15) is 5.26 Å². The predicted octanol–water partition coefficient (Wildman–Crippen LogP) is 5.06. The van der Waals surface area contributed by atoms with Gasteiger partial charge in [0.15, 0.2) is 0 Å². The third kappa shape index (κ3) is 4.29. The Kier molecular flexibility index (Phi) is 6.11. The first-order chi connectivity index (χ1) is 15.5. The van der Waals surface area contributed by atoms with Crippen molar-refractivity contribution in [2.24, 2.45) is 0 Å². The summed E-state index contributed by atoms with van der Waals surface area (Å²) >= 11 is 0. The zero-order chi connectivity index (χ0) is 22.7. The number of amides is 1. The number of hydrogen-bond donors (Lipinski definition) is 2. The Balaban J connectivity index is 1.47. The third-order valence-corrected chi connectivity index (χ3v) is 5.94. The lowest BCUT2D eigenvalue weighted by molar-refractivity contribution is -0.115.